The first kappa shape index (κ1) is 21.2. The molecule has 5 rings (SSSR count). The SMILES string of the molecule is C[C@@H](C1CC1)N(Cc1ccccc1)C(=O)CN1C(=O)NC2(CCc3cc(C#N)ccc32)C1=O. The van der Waals surface area contributed by atoms with Crippen molar-refractivity contribution in [3.63, 3.8) is 0 Å². The van der Waals surface area contributed by atoms with Gasteiger partial charge in [-0.25, -0.2) is 4.79 Å². The molecule has 2 atom stereocenters. The summed E-state index contributed by atoms with van der Waals surface area (Å²) in [5.41, 5.74) is 2.02. The zero-order valence-corrected chi connectivity index (χ0v) is 18.6. The lowest BCUT2D eigenvalue weighted by atomic mass is 9.91. The summed E-state index contributed by atoms with van der Waals surface area (Å²) in [5.74, 6) is -0.150. The van der Waals surface area contributed by atoms with Gasteiger partial charge in [0.15, 0.2) is 0 Å². The van der Waals surface area contributed by atoms with E-state index in [0.29, 0.717) is 30.9 Å². The van der Waals surface area contributed by atoms with E-state index in [9.17, 15) is 14.4 Å². The van der Waals surface area contributed by atoms with E-state index in [1.54, 1.807) is 23.1 Å². The van der Waals surface area contributed by atoms with Gasteiger partial charge in [0, 0.05) is 12.6 Å². The van der Waals surface area contributed by atoms with Gasteiger partial charge in [-0.2, -0.15) is 5.26 Å². The Hall–Kier alpha value is -3.66. The number of amides is 4. The number of benzene rings is 2. The predicted octanol–water partition coefficient (Wildman–Crippen LogP) is 3.08. The van der Waals surface area contributed by atoms with E-state index in [1.165, 1.54) is 0 Å². The number of carbonyl (C=O) groups is 3. The molecule has 1 aliphatic heterocycles. The van der Waals surface area contributed by atoms with Gasteiger partial charge in [-0.05, 0) is 67.3 Å². The van der Waals surface area contributed by atoms with Gasteiger partial charge >= 0.3 is 6.03 Å². The number of imide groups is 1. The van der Waals surface area contributed by atoms with Gasteiger partial charge in [0.05, 0.1) is 11.6 Å². The second kappa shape index (κ2) is 8.04. The number of aryl methyl sites for hydroxylation is 1. The minimum Gasteiger partial charge on any atom is -0.334 e. The maximum absolute atomic E-state index is 13.5. The Balaban J connectivity index is 1.37. The van der Waals surface area contributed by atoms with Gasteiger partial charge in [0.25, 0.3) is 5.91 Å². The van der Waals surface area contributed by atoms with Crippen LogP contribution in [-0.2, 0) is 28.1 Å². The van der Waals surface area contributed by atoms with Crippen molar-refractivity contribution in [2.45, 2.75) is 50.7 Å². The van der Waals surface area contributed by atoms with E-state index in [4.69, 9.17) is 5.26 Å². The van der Waals surface area contributed by atoms with E-state index in [1.807, 2.05) is 37.3 Å². The van der Waals surface area contributed by atoms with Crippen LogP contribution in [0.4, 0.5) is 4.79 Å². The number of fused-ring (bicyclic) bond motifs is 2. The van der Waals surface area contributed by atoms with E-state index >= 15 is 0 Å². The van der Waals surface area contributed by atoms with Crippen molar-refractivity contribution in [1.82, 2.24) is 15.1 Å². The highest BCUT2D eigenvalue weighted by Crippen LogP contribution is 2.42. The molecular formula is C26H26N4O3. The van der Waals surface area contributed by atoms with Crippen LogP contribution in [-0.4, -0.2) is 40.2 Å². The molecule has 1 spiro atoms. The fraction of sp³-hybridized carbons (Fsp3) is 0.385. The van der Waals surface area contributed by atoms with E-state index in [2.05, 4.69) is 11.4 Å². The van der Waals surface area contributed by atoms with Crippen LogP contribution >= 0.6 is 0 Å². The Morgan fingerprint density at radius 1 is 1.24 bits per heavy atom. The van der Waals surface area contributed by atoms with Crippen LogP contribution in [0.5, 0.6) is 0 Å². The second-order valence-electron chi connectivity index (χ2n) is 9.30. The first-order valence-electron chi connectivity index (χ1n) is 11.4. The lowest BCUT2D eigenvalue weighted by molar-refractivity contribution is -0.141. The van der Waals surface area contributed by atoms with Crippen molar-refractivity contribution in [2.24, 2.45) is 5.92 Å². The van der Waals surface area contributed by atoms with Crippen LogP contribution in [0.1, 0.15) is 48.4 Å². The van der Waals surface area contributed by atoms with Crippen LogP contribution < -0.4 is 5.32 Å². The minimum absolute atomic E-state index is 0.0454. The number of nitriles is 1. The quantitative estimate of drug-likeness (QED) is 0.696. The summed E-state index contributed by atoms with van der Waals surface area (Å²) in [7, 11) is 0. The Morgan fingerprint density at radius 3 is 2.70 bits per heavy atom. The molecule has 168 valence electrons. The summed E-state index contributed by atoms with van der Waals surface area (Å²) in [6.07, 6.45) is 3.21. The normalized spacial score (nSPS) is 22.1. The summed E-state index contributed by atoms with van der Waals surface area (Å²) >= 11 is 0. The van der Waals surface area contributed by atoms with Crippen LogP contribution in [0.2, 0.25) is 0 Å². The minimum atomic E-state index is -1.15. The number of nitrogens with one attached hydrogen (secondary N) is 1. The third kappa shape index (κ3) is 3.66. The van der Waals surface area contributed by atoms with Crippen molar-refractivity contribution < 1.29 is 14.4 Å². The van der Waals surface area contributed by atoms with Gasteiger partial charge in [-0.15, -0.1) is 0 Å². The molecule has 2 aliphatic carbocycles. The highest BCUT2D eigenvalue weighted by molar-refractivity contribution is 6.10. The van der Waals surface area contributed by atoms with Crippen molar-refractivity contribution in [3.05, 3.63) is 70.8 Å². The smallest absolute Gasteiger partial charge is 0.325 e. The first-order chi connectivity index (χ1) is 15.9. The van der Waals surface area contributed by atoms with Gasteiger partial charge in [0.2, 0.25) is 5.91 Å². The van der Waals surface area contributed by atoms with Gasteiger partial charge in [0.1, 0.15) is 12.1 Å². The molecule has 0 bridgehead atoms. The number of hydrogen-bond donors (Lipinski definition) is 1. The summed E-state index contributed by atoms with van der Waals surface area (Å²) in [5, 5.41) is 12.0. The topological polar surface area (TPSA) is 93.5 Å². The molecule has 2 aromatic rings. The lowest BCUT2D eigenvalue weighted by Crippen LogP contribution is -2.47. The Bertz CT molecular complexity index is 1170. The number of carbonyl (C=O) groups excluding carboxylic acids is 3. The maximum atomic E-state index is 13.5. The zero-order valence-electron chi connectivity index (χ0n) is 18.6. The predicted molar refractivity (Wildman–Crippen MR) is 121 cm³/mol. The maximum Gasteiger partial charge on any atom is 0.325 e. The van der Waals surface area contributed by atoms with Gasteiger partial charge in [-0.1, -0.05) is 36.4 Å². The zero-order chi connectivity index (χ0) is 23.2. The van der Waals surface area contributed by atoms with E-state index in [0.717, 1.165) is 34.4 Å². The van der Waals surface area contributed by atoms with Crippen molar-refractivity contribution in [1.29, 1.82) is 5.26 Å². The second-order valence-corrected chi connectivity index (χ2v) is 9.30. The molecule has 2 aromatic carbocycles. The van der Waals surface area contributed by atoms with Crippen LogP contribution in [0.15, 0.2) is 48.5 Å². The van der Waals surface area contributed by atoms with E-state index in [-0.39, 0.29) is 24.4 Å². The molecule has 33 heavy (non-hydrogen) atoms. The molecule has 1 saturated carbocycles. The Kier molecular flexibility index (Phi) is 5.16. The molecule has 2 fully saturated rings. The summed E-state index contributed by atoms with van der Waals surface area (Å²) in [6, 6.07) is 16.6. The molecule has 0 aromatic heterocycles. The average molecular weight is 443 g/mol. The molecule has 3 aliphatic rings. The molecule has 4 amide bonds. The monoisotopic (exact) mass is 442 g/mol. The fourth-order valence-corrected chi connectivity index (χ4v) is 5.16. The molecule has 0 radical (unpaired) electrons. The Morgan fingerprint density at radius 2 is 2.00 bits per heavy atom. The summed E-state index contributed by atoms with van der Waals surface area (Å²) < 4.78 is 0. The van der Waals surface area contributed by atoms with Crippen molar-refractivity contribution in [2.75, 3.05) is 6.54 Å². The molecule has 7 heteroatoms. The van der Waals surface area contributed by atoms with Crippen molar-refractivity contribution in [3.8, 4) is 6.07 Å². The molecule has 1 heterocycles. The van der Waals surface area contributed by atoms with Crippen LogP contribution in [0.25, 0.3) is 0 Å². The third-order valence-corrected chi connectivity index (χ3v) is 7.24. The summed E-state index contributed by atoms with van der Waals surface area (Å²) in [4.78, 5) is 42.7. The lowest BCUT2D eigenvalue weighted by Gasteiger charge is -2.31. The average Bonchev–Trinajstić information content (AvgIpc) is 3.58. The fourth-order valence-electron chi connectivity index (χ4n) is 5.16. The molecule has 1 unspecified atom stereocenters. The molecule has 1 N–H and O–H groups in total. The largest absolute Gasteiger partial charge is 0.334 e. The number of urea groups is 1. The van der Waals surface area contributed by atoms with Crippen molar-refractivity contribution >= 4 is 17.8 Å². The van der Waals surface area contributed by atoms with Gasteiger partial charge in [-0.3, -0.25) is 14.5 Å². The number of nitrogens with zero attached hydrogens (tertiary/aromatic N) is 3. The number of hydrogen-bond acceptors (Lipinski definition) is 4. The van der Waals surface area contributed by atoms with E-state index < -0.39 is 11.6 Å². The Labute approximate surface area is 193 Å². The molecular weight excluding hydrogens is 416 g/mol. The highest BCUT2D eigenvalue weighted by atomic mass is 16.2. The molecule has 1 saturated heterocycles. The van der Waals surface area contributed by atoms with Gasteiger partial charge < -0.3 is 10.2 Å². The first-order valence-corrected chi connectivity index (χ1v) is 11.4. The summed E-state index contributed by atoms with van der Waals surface area (Å²) in [6.45, 7) is 2.22. The standard InChI is InChI=1S/C26H26N4O3/c1-17(20-8-9-20)29(15-18-5-3-2-4-6-18)23(31)16-30-24(32)26(28-25(30)33)12-11-21-13-19(14-27)7-10-22(21)26/h2-7,10,13,17,20H,8-9,11-12,15-16H2,1H3,(H,28,33)/t17-,26?/m0/s1. The highest BCUT2D eigenvalue weighted by Gasteiger charge is 2.56. The van der Waals surface area contributed by atoms with Crippen LogP contribution in [0.3, 0.4) is 0 Å². The molecule has 7 nitrogen and oxygen atoms in total. The van der Waals surface area contributed by atoms with Crippen LogP contribution in [0, 0.1) is 17.2 Å². The third-order valence-electron chi connectivity index (χ3n) is 7.24. The number of rotatable bonds is 6.